The van der Waals surface area contributed by atoms with Gasteiger partial charge in [-0.05, 0) is 131 Å². The van der Waals surface area contributed by atoms with E-state index in [0.29, 0.717) is 33.1 Å². The summed E-state index contributed by atoms with van der Waals surface area (Å²) < 4.78 is 0. The van der Waals surface area contributed by atoms with E-state index in [9.17, 15) is 10.2 Å². The Labute approximate surface area is 344 Å². The molecule has 8 rings (SSSR count). The maximum absolute atomic E-state index is 13.6. The summed E-state index contributed by atoms with van der Waals surface area (Å²) >= 11 is 2.94. The van der Waals surface area contributed by atoms with Crippen LogP contribution in [0.3, 0.4) is 0 Å². The summed E-state index contributed by atoms with van der Waals surface area (Å²) in [4.78, 5) is 20.7. The zero-order chi connectivity index (χ0) is 39.8. The molecule has 3 unspecified atom stereocenters. The Morgan fingerprint density at radius 1 is 0.719 bits per heavy atom. The normalized spacial score (nSPS) is 17.0. The van der Waals surface area contributed by atoms with E-state index in [4.69, 9.17) is 4.98 Å². The maximum Gasteiger partial charge on any atom is 0.144 e. The molecular weight excluding hydrogens is 745 g/mol. The number of thiophene rings is 1. The van der Waals surface area contributed by atoms with Crippen LogP contribution in [0.4, 0.5) is 0 Å². The van der Waals surface area contributed by atoms with E-state index in [-0.39, 0.29) is 12.1 Å². The van der Waals surface area contributed by atoms with Crippen LogP contribution in [-0.2, 0) is 31.3 Å². The third kappa shape index (κ3) is 8.82. The molecule has 0 aliphatic heterocycles. The maximum atomic E-state index is 13.6. The van der Waals surface area contributed by atoms with E-state index >= 15 is 0 Å². The predicted octanol–water partition coefficient (Wildman–Crippen LogP) is 8.67. The number of benzene rings is 2. The second kappa shape index (κ2) is 16.2. The number of fused-ring (bicyclic) bond motifs is 2. The molecule has 3 atom stereocenters. The molecule has 0 amide bonds. The molecule has 2 aliphatic rings. The van der Waals surface area contributed by atoms with Gasteiger partial charge in [0.15, 0.2) is 0 Å². The first-order chi connectivity index (χ1) is 27.4. The van der Waals surface area contributed by atoms with Crippen molar-refractivity contribution in [1.82, 2.24) is 30.6 Å². The molecule has 10 heteroatoms. The van der Waals surface area contributed by atoms with Crippen LogP contribution in [0.1, 0.15) is 84.3 Å². The number of rotatable bonds is 15. The second-order valence-corrected chi connectivity index (χ2v) is 19.7. The highest BCUT2D eigenvalue weighted by atomic mass is 32.1. The molecule has 0 saturated heterocycles. The van der Waals surface area contributed by atoms with Gasteiger partial charge in [-0.25, -0.2) is 4.98 Å². The summed E-state index contributed by atoms with van der Waals surface area (Å²) in [5.41, 5.74) is 5.62. The monoisotopic (exact) mass is 798 g/mol. The van der Waals surface area contributed by atoms with Gasteiger partial charge in [-0.2, -0.15) is 0 Å². The lowest BCUT2D eigenvalue weighted by atomic mass is 9.81. The topological polar surface area (TPSA) is 116 Å². The van der Waals surface area contributed by atoms with Gasteiger partial charge in [0.25, 0.3) is 0 Å². The van der Waals surface area contributed by atoms with Crippen molar-refractivity contribution in [2.24, 2.45) is 11.8 Å². The van der Waals surface area contributed by atoms with E-state index in [1.54, 1.807) is 24.8 Å². The molecule has 2 aromatic carbocycles. The van der Waals surface area contributed by atoms with Crippen molar-refractivity contribution in [3.05, 3.63) is 141 Å². The average Bonchev–Trinajstić information content (AvgIpc) is 4.02. The fourth-order valence-corrected chi connectivity index (χ4v) is 11.5. The molecule has 0 fully saturated rings. The number of aliphatic hydroxyl groups is 2. The van der Waals surface area contributed by atoms with Crippen LogP contribution in [0.5, 0.6) is 0 Å². The van der Waals surface area contributed by atoms with Gasteiger partial charge < -0.3 is 20.8 Å². The summed E-state index contributed by atoms with van der Waals surface area (Å²) in [5.74, 6) is 0.943. The first kappa shape index (κ1) is 39.7. The summed E-state index contributed by atoms with van der Waals surface area (Å²) in [7, 11) is 0. The fourth-order valence-electron chi connectivity index (χ4n) is 9.34. The van der Waals surface area contributed by atoms with Crippen molar-refractivity contribution in [1.29, 1.82) is 0 Å². The molecule has 2 aliphatic carbocycles. The van der Waals surface area contributed by atoms with E-state index in [2.05, 4.69) is 102 Å². The van der Waals surface area contributed by atoms with Gasteiger partial charge in [0.05, 0.1) is 33.4 Å². The molecule has 4 heterocycles. The van der Waals surface area contributed by atoms with Crippen molar-refractivity contribution in [3.8, 4) is 21.3 Å². The Hall–Kier alpha value is -4.16. The van der Waals surface area contributed by atoms with Crippen molar-refractivity contribution in [3.63, 3.8) is 0 Å². The molecule has 8 nitrogen and oxygen atoms in total. The number of β-amino-alcohol motifs (C(OH)–C–C–N with tert-alkyl or cyclic N) is 1. The van der Waals surface area contributed by atoms with Crippen molar-refractivity contribution in [2.45, 2.75) is 102 Å². The number of aromatic nitrogens is 4. The summed E-state index contributed by atoms with van der Waals surface area (Å²) in [6, 6.07) is 26.7. The molecule has 4 aromatic heterocycles. The van der Waals surface area contributed by atoms with E-state index in [1.165, 1.54) is 44.9 Å². The minimum Gasteiger partial charge on any atom is -0.386 e. The number of nitrogens with one attached hydrogen (secondary N) is 2. The molecule has 0 saturated carbocycles. The van der Waals surface area contributed by atoms with Crippen LogP contribution < -0.4 is 10.6 Å². The number of aryl methyl sites for hydroxylation is 1. The molecule has 296 valence electrons. The first-order valence-corrected chi connectivity index (χ1v) is 21.8. The lowest BCUT2D eigenvalue weighted by molar-refractivity contribution is -0.0630. The van der Waals surface area contributed by atoms with Crippen LogP contribution in [-0.4, -0.2) is 53.8 Å². The van der Waals surface area contributed by atoms with E-state index in [0.717, 1.165) is 54.0 Å². The minimum absolute atomic E-state index is 0.219. The van der Waals surface area contributed by atoms with Crippen LogP contribution in [0.15, 0.2) is 104 Å². The van der Waals surface area contributed by atoms with Gasteiger partial charge in [-0.15, -0.1) is 22.7 Å². The molecule has 6 aromatic rings. The number of hydrogen-bond donors (Lipinski definition) is 4. The standard InChI is InChI=1S/C47H54N6O2S2/c1-30-42(57-44(52-30)38-28-48-20-21-50-38)41(54)43(53-46(4,5)27-32-24-35-14-8-9-15-36(35)25-32)47(55,40-18-17-39(56-40)37-16-10-11-19-49-37)29-51-45(2,3)26-31-22-33-12-6-7-13-34(33)23-31/h6-21,28,31-32,41,43,51,53-55H,22-27,29H2,1-5H3. The number of hydrogen-bond acceptors (Lipinski definition) is 10. The smallest absolute Gasteiger partial charge is 0.144 e. The molecule has 57 heavy (non-hydrogen) atoms. The number of pyridine rings is 1. The van der Waals surface area contributed by atoms with Gasteiger partial charge in [-0.1, -0.05) is 54.6 Å². The molecule has 4 N–H and O–H groups in total. The first-order valence-electron chi connectivity index (χ1n) is 20.2. The summed E-state index contributed by atoms with van der Waals surface area (Å²) in [5, 5.41) is 35.0. The van der Waals surface area contributed by atoms with Crippen LogP contribution in [0, 0.1) is 18.8 Å². The minimum atomic E-state index is -1.55. The van der Waals surface area contributed by atoms with Gasteiger partial charge in [0, 0.05) is 41.1 Å². The molecule has 0 bridgehead atoms. The Morgan fingerprint density at radius 3 is 1.89 bits per heavy atom. The number of nitrogens with zero attached hydrogens (tertiary/aromatic N) is 4. The highest BCUT2D eigenvalue weighted by Gasteiger charge is 2.48. The Kier molecular flexibility index (Phi) is 11.3. The lowest BCUT2D eigenvalue weighted by Crippen LogP contribution is -2.63. The van der Waals surface area contributed by atoms with E-state index < -0.39 is 23.3 Å². The van der Waals surface area contributed by atoms with Crippen molar-refractivity contribution >= 4 is 22.7 Å². The Bertz CT molecular complexity index is 2240. The van der Waals surface area contributed by atoms with Crippen LogP contribution in [0.2, 0.25) is 0 Å². The second-order valence-electron chi connectivity index (χ2n) is 17.5. The largest absolute Gasteiger partial charge is 0.386 e. The zero-order valence-electron chi connectivity index (χ0n) is 33.6. The molecule has 0 radical (unpaired) electrons. The van der Waals surface area contributed by atoms with Gasteiger partial charge in [-0.3, -0.25) is 15.0 Å². The zero-order valence-corrected chi connectivity index (χ0v) is 35.2. The SMILES string of the molecule is Cc1nc(-c2cnccn2)sc1C(O)C(NC(C)(C)CC1Cc2ccccc2C1)C(O)(CNC(C)(C)CC1Cc2ccccc2C1)c1ccc(-c2ccccn2)s1. The van der Waals surface area contributed by atoms with Crippen molar-refractivity contribution < 1.29 is 10.2 Å². The summed E-state index contributed by atoms with van der Waals surface area (Å²) in [6.07, 6.45) is 11.7. The highest BCUT2D eigenvalue weighted by molar-refractivity contribution is 7.15. The fraction of sp³-hybridized carbons (Fsp3) is 0.404. The third-order valence-corrected chi connectivity index (χ3v) is 14.4. The highest BCUT2D eigenvalue weighted by Crippen LogP contribution is 2.44. The van der Waals surface area contributed by atoms with Gasteiger partial charge in [0.1, 0.15) is 22.4 Å². The molecule has 0 spiro atoms. The van der Waals surface area contributed by atoms with E-state index in [1.807, 2.05) is 37.3 Å². The Balaban J connectivity index is 1.15. The lowest BCUT2D eigenvalue weighted by Gasteiger charge is -2.45. The Morgan fingerprint density at radius 2 is 1.32 bits per heavy atom. The predicted molar refractivity (Wildman–Crippen MR) is 231 cm³/mol. The van der Waals surface area contributed by atoms with Crippen LogP contribution in [0.25, 0.3) is 21.3 Å². The van der Waals surface area contributed by atoms with Gasteiger partial charge in [0.2, 0.25) is 0 Å². The number of thiazole rings is 1. The quantitative estimate of drug-likeness (QED) is 0.0817. The van der Waals surface area contributed by atoms with Crippen LogP contribution >= 0.6 is 22.7 Å². The average molecular weight is 799 g/mol. The third-order valence-electron chi connectivity index (χ3n) is 11.9. The number of aliphatic hydroxyl groups excluding tert-OH is 1. The van der Waals surface area contributed by atoms with Gasteiger partial charge >= 0.3 is 0 Å². The summed E-state index contributed by atoms with van der Waals surface area (Å²) in [6.45, 7) is 11.1. The molecular formula is C47H54N6O2S2. The van der Waals surface area contributed by atoms with Crippen molar-refractivity contribution in [2.75, 3.05) is 6.54 Å².